The summed E-state index contributed by atoms with van der Waals surface area (Å²) in [6.07, 6.45) is -1.00. The summed E-state index contributed by atoms with van der Waals surface area (Å²) in [6, 6.07) is -2.19. The number of rotatable bonds is 6. The first-order chi connectivity index (χ1) is 6.86. The highest BCUT2D eigenvalue weighted by Gasteiger charge is 2.20. The Morgan fingerprint density at radius 2 is 1.93 bits per heavy atom. The number of carboxylic acids is 1. The van der Waals surface area contributed by atoms with E-state index < -0.39 is 30.1 Å². The molecule has 0 amide bonds. The molecule has 0 spiro atoms. The molecule has 0 radical (unpaired) electrons. The number of carbonyl (C=O) groups is 2. The van der Waals surface area contributed by atoms with Crippen LogP contribution in [0, 0.1) is 0 Å². The molecule has 0 heterocycles. The minimum atomic E-state index is -1.16. The molecule has 15 heavy (non-hydrogen) atoms. The van der Waals surface area contributed by atoms with E-state index in [-0.39, 0.29) is 13.0 Å². The Kier molecular flexibility index (Phi) is 5.83. The van der Waals surface area contributed by atoms with Crippen LogP contribution in [0.15, 0.2) is 0 Å². The summed E-state index contributed by atoms with van der Waals surface area (Å²) >= 11 is 0. The molecule has 0 aliphatic heterocycles. The molecule has 7 heteroatoms. The van der Waals surface area contributed by atoms with Gasteiger partial charge in [-0.1, -0.05) is 0 Å². The van der Waals surface area contributed by atoms with E-state index >= 15 is 0 Å². The normalized spacial score (nSPS) is 16.5. The maximum absolute atomic E-state index is 11.0. The second-order valence-corrected chi connectivity index (χ2v) is 3.17. The van der Waals surface area contributed by atoms with E-state index in [0.717, 1.165) is 0 Å². The molecule has 6 N–H and O–H groups in total. The van der Waals surface area contributed by atoms with Gasteiger partial charge in [0.15, 0.2) is 0 Å². The van der Waals surface area contributed by atoms with Crippen molar-refractivity contribution in [2.75, 3.05) is 6.61 Å². The molecule has 0 rings (SSSR count). The standard InChI is InChI=1S/C8H16N2O5/c1-4(11)6(10)8(14)15-3-2-5(9)7(12)13/h4-6,11H,2-3,9-10H2,1H3,(H,12,13)/t4-,5?,6+/m1/s1. The first-order valence-corrected chi connectivity index (χ1v) is 4.45. The van der Waals surface area contributed by atoms with Gasteiger partial charge in [0, 0.05) is 6.42 Å². The van der Waals surface area contributed by atoms with E-state index in [1.807, 2.05) is 0 Å². The lowest BCUT2D eigenvalue weighted by molar-refractivity contribution is -0.149. The van der Waals surface area contributed by atoms with Crippen molar-refractivity contribution in [3.05, 3.63) is 0 Å². The number of esters is 1. The summed E-state index contributed by atoms with van der Waals surface area (Å²) in [5.74, 6) is -1.94. The zero-order valence-electron chi connectivity index (χ0n) is 8.42. The third-order valence-corrected chi connectivity index (χ3v) is 1.78. The van der Waals surface area contributed by atoms with Crippen LogP contribution >= 0.6 is 0 Å². The van der Waals surface area contributed by atoms with Gasteiger partial charge in [-0.05, 0) is 6.92 Å². The fraction of sp³-hybridized carbons (Fsp3) is 0.750. The number of nitrogens with two attached hydrogens (primary N) is 2. The van der Waals surface area contributed by atoms with Gasteiger partial charge in [0.2, 0.25) is 0 Å². The van der Waals surface area contributed by atoms with Crippen molar-refractivity contribution in [2.45, 2.75) is 31.5 Å². The number of carboxylic acid groups (broad SMARTS) is 1. The Morgan fingerprint density at radius 1 is 1.40 bits per heavy atom. The first-order valence-electron chi connectivity index (χ1n) is 4.45. The SMILES string of the molecule is C[C@@H](O)[C@H](N)C(=O)OCCC(N)C(=O)O. The predicted molar refractivity (Wildman–Crippen MR) is 50.8 cm³/mol. The van der Waals surface area contributed by atoms with Crippen molar-refractivity contribution >= 4 is 11.9 Å². The average Bonchev–Trinajstić information content (AvgIpc) is 2.15. The third kappa shape index (κ3) is 5.31. The largest absolute Gasteiger partial charge is 0.480 e. The van der Waals surface area contributed by atoms with Crippen LogP contribution in [-0.4, -0.2) is 46.9 Å². The Morgan fingerprint density at radius 3 is 2.33 bits per heavy atom. The Balaban J connectivity index is 3.78. The van der Waals surface area contributed by atoms with Gasteiger partial charge in [-0.25, -0.2) is 0 Å². The van der Waals surface area contributed by atoms with Gasteiger partial charge in [0.05, 0.1) is 12.7 Å². The van der Waals surface area contributed by atoms with E-state index in [1.165, 1.54) is 6.92 Å². The van der Waals surface area contributed by atoms with Gasteiger partial charge < -0.3 is 26.4 Å². The highest BCUT2D eigenvalue weighted by atomic mass is 16.5. The molecule has 0 saturated carbocycles. The van der Waals surface area contributed by atoms with Gasteiger partial charge in [-0.3, -0.25) is 9.59 Å². The van der Waals surface area contributed by atoms with Crippen LogP contribution in [-0.2, 0) is 14.3 Å². The summed E-state index contributed by atoms with van der Waals surface area (Å²) in [5, 5.41) is 17.4. The zero-order valence-corrected chi connectivity index (χ0v) is 8.42. The number of aliphatic hydroxyl groups excluding tert-OH is 1. The van der Waals surface area contributed by atoms with Crippen LogP contribution in [0.1, 0.15) is 13.3 Å². The van der Waals surface area contributed by atoms with E-state index in [9.17, 15) is 9.59 Å². The smallest absolute Gasteiger partial charge is 0.325 e. The molecule has 0 saturated heterocycles. The van der Waals surface area contributed by atoms with Gasteiger partial charge >= 0.3 is 11.9 Å². The summed E-state index contributed by atoms with van der Waals surface area (Å²) in [5.41, 5.74) is 10.4. The number of hydrogen-bond donors (Lipinski definition) is 4. The van der Waals surface area contributed by atoms with Gasteiger partial charge in [0.25, 0.3) is 0 Å². The second kappa shape index (κ2) is 6.33. The topological polar surface area (TPSA) is 136 Å². The van der Waals surface area contributed by atoms with E-state index in [1.54, 1.807) is 0 Å². The minimum Gasteiger partial charge on any atom is -0.480 e. The maximum Gasteiger partial charge on any atom is 0.325 e. The Labute approximate surface area is 87.0 Å². The molecule has 1 unspecified atom stereocenters. The maximum atomic E-state index is 11.0. The lowest BCUT2D eigenvalue weighted by atomic mass is 10.2. The van der Waals surface area contributed by atoms with Crippen molar-refractivity contribution < 1.29 is 24.5 Å². The molecule has 0 bridgehead atoms. The van der Waals surface area contributed by atoms with Crippen LogP contribution < -0.4 is 11.5 Å². The molecule has 0 fully saturated rings. The van der Waals surface area contributed by atoms with Crippen molar-refractivity contribution in [3.63, 3.8) is 0 Å². The third-order valence-electron chi connectivity index (χ3n) is 1.78. The van der Waals surface area contributed by atoms with Crippen molar-refractivity contribution in [1.29, 1.82) is 0 Å². The van der Waals surface area contributed by atoms with Crippen molar-refractivity contribution in [2.24, 2.45) is 11.5 Å². The second-order valence-electron chi connectivity index (χ2n) is 3.17. The van der Waals surface area contributed by atoms with Gasteiger partial charge in [-0.2, -0.15) is 0 Å². The van der Waals surface area contributed by atoms with Gasteiger partial charge in [0.1, 0.15) is 12.1 Å². The zero-order chi connectivity index (χ0) is 12.0. The summed E-state index contributed by atoms with van der Waals surface area (Å²) in [4.78, 5) is 21.3. The average molecular weight is 220 g/mol. The summed E-state index contributed by atoms with van der Waals surface area (Å²) in [6.45, 7) is 1.22. The quantitative estimate of drug-likeness (QED) is 0.381. The monoisotopic (exact) mass is 220 g/mol. The van der Waals surface area contributed by atoms with E-state index in [0.29, 0.717) is 0 Å². The first kappa shape index (κ1) is 13.8. The molecule has 0 aliphatic rings. The van der Waals surface area contributed by atoms with Crippen molar-refractivity contribution in [1.82, 2.24) is 0 Å². The number of carbonyl (C=O) groups excluding carboxylic acids is 1. The van der Waals surface area contributed by atoms with Crippen LogP contribution in [0.25, 0.3) is 0 Å². The predicted octanol–water partition coefficient (Wildman–Crippen LogP) is -1.96. The minimum absolute atomic E-state index is 0.00754. The number of hydrogen-bond acceptors (Lipinski definition) is 6. The summed E-state index contributed by atoms with van der Waals surface area (Å²) < 4.78 is 4.62. The Bertz CT molecular complexity index is 231. The Hall–Kier alpha value is -1.18. The number of aliphatic hydroxyl groups is 1. The highest BCUT2D eigenvalue weighted by Crippen LogP contribution is 1.95. The number of ether oxygens (including phenoxy) is 1. The molecule has 0 aliphatic carbocycles. The van der Waals surface area contributed by atoms with E-state index in [4.69, 9.17) is 21.7 Å². The van der Waals surface area contributed by atoms with Crippen LogP contribution in [0.3, 0.4) is 0 Å². The van der Waals surface area contributed by atoms with Crippen LogP contribution in [0.5, 0.6) is 0 Å². The molecule has 3 atom stereocenters. The van der Waals surface area contributed by atoms with Crippen LogP contribution in [0.2, 0.25) is 0 Å². The lowest BCUT2D eigenvalue weighted by Crippen LogP contribution is -2.42. The number of aliphatic carboxylic acids is 1. The molecular formula is C8H16N2O5. The fourth-order valence-electron chi connectivity index (χ4n) is 0.703. The van der Waals surface area contributed by atoms with Gasteiger partial charge in [-0.15, -0.1) is 0 Å². The highest BCUT2D eigenvalue weighted by molar-refractivity contribution is 5.76. The molecule has 0 aromatic heterocycles. The van der Waals surface area contributed by atoms with Crippen LogP contribution in [0.4, 0.5) is 0 Å². The molecule has 0 aromatic carbocycles. The fourth-order valence-corrected chi connectivity index (χ4v) is 0.703. The summed E-state index contributed by atoms with van der Waals surface area (Å²) in [7, 11) is 0. The molecular weight excluding hydrogens is 204 g/mol. The lowest BCUT2D eigenvalue weighted by Gasteiger charge is -2.14. The molecule has 88 valence electrons. The van der Waals surface area contributed by atoms with Crippen molar-refractivity contribution in [3.8, 4) is 0 Å². The molecule has 7 nitrogen and oxygen atoms in total. The van der Waals surface area contributed by atoms with E-state index in [2.05, 4.69) is 4.74 Å². The molecule has 0 aromatic rings.